The van der Waals surface area contributed by atoms with Gasteiger partial charge in [0.15, 0.2) is 5.96 Å². The molecule has 1 aliphatic heterocycles. The van der Waals surface area contributed by atoms with Gasteiger partial charge >= 0.3 is 0 Å². The molecule has 2 N–H and O–H groups in total. The van der Waals surface area contributed by atoms with E-state index in [4.69, 9.17) is 11.6 Å². The SMILES string of the molecule is CN=C(NCc1scnc1C)NC1CCN(c2ncccc2Cl)C1.I. The number of nitrogens with one attached hydrogen (secondary N) is 2. The van der Waals surface area contributed by atoms with Gasteiger partial charge in [-0.25, -0.2) is 9.97 Å². The maximum absolute atomic E-state index is 6.24. The lowest BCUT2D eigenvalue weighted by atomic mass is 10.3. The second-order valence-electron chi connectivity index (χ2n) is 5.67. The molecule has 0 radical (unpaired) electrons. The van der Waals surface area contributed by atoms with E-state index in [0.29, 0.717) is 11.1 Å². The Morgan fingerprint density at radius 2 is 2.32 bits per heavy atom. The van der Waals surface area contributed by atoms with E-state index in [-0.39, 0.29) is 24.0 Å². The Morgan fingerprint density at radius 1 is 1.48 bits per heavy atom. The number of thiazole rings is 1. The summed E-state index contributed by atoms with van der Waals surface area (Å²) in [4.78, 5) is 16.4. The molecule has 1 saturated heterocycles. The summed E-state index contributed by atoms with van der Waals surface area (Å²) in [7, 11) is 1.79. The van der Waals surface area contributed by atoms with E-state index >= 15 is 0 Å². The molecule has 1 atom stereocenters. The van der Waals surface area contributed by atoms with E-state index in [9.17, 15) is 0 Å². The third-order valence-electron chi connectivity index (χ3n) is 4.05. The monoisotopic (exact) mass is 492 g/mol. The average molecular weight is 493 g/mol. The van der Waals surface area contributed by atoms with Crippen molar-refractivity contribution in [1.82, 2.24) is 20.6 Å². The molecule has 3 rings (SSSR count). The van der Waals surface area contributed by atoms with E-state index in [0.717, 1.165) is 43.5 Å². The van der Waals surface area contributed by atoms with Crippen molar-refractivity contribution in [3.63, 3.8) is 0 Å². The molecule has 9 heteroatoms. The van der Waals surface area contributed by atoms with Gasteiger partial charge in [0.25, 0.3) is 0 Å². The smallest absolute Gasteiger partial charge is 0.191 e. The molecule has 2 aromatic rings. The highest BCUT2D eigenvalue weighted by atomic mass is 127. The van der Waals surface area contributed by atoms with Gasteiger partial charge in [0.2, 0.25) is 0 Å². The van der Waals surface area contributed by atoms with E-state index in [1.165, 1.54) is 4.88 Å². The predicted octanol–water partition coefficient (Wildman–Crippen LogP) is 3.06. The molecule has 0 bridgehead atoms. The van der Waals surface area contributed by atoms with Gasteiger partial charge in [-0.05, 0) is 25.5 Å². The van der Waals surface area contributed by atoms with Crippen molar-refractivity contribution >= 4 is 58.7 Å². The quantitative estimate of drug-likeness (QED) is 0.390. The van der Waals surface area contributed by atoms with Crippen LogP contribution >= 0.6 is 46.9 Å². The fourth-order valence-electron chi connectivity index (χ4n) is 2.73. The number of hydrogen-bond donors (Lipinski definition) is 2. The van der Waals surface area contributed by atoms with Crippen LogP contribution in [-0.2, 0) is 6.54 Å². The Kier molecular flexibility index (Phi) is 7.70. The number of aliphatic imine (C=N–C) groups is 1. The van der Waals surface area contributed by atoms with Crippen LogP contribution in [0.4, 0.5) is 5.82 Å². The van der Waals surface area contributed by atoms with E-state index < -0.39 is 0 Å². The molecular weight excluding hydrogens is 471 g/mol. The zero-order valence-corrected chi connectivity index (χ0v) is 18.1. The van der Waals surface area contributed by atoms with Crippen molar-refractivity contribution in [2.24, 2.45) is 4.99 Å². The summed E-state index contributed by atoms with van der Waals surface area (Å²) < 4.78 is 0. The number of aromatic nitrogens is 2. The predicted molar refractivity (Wildman–Crippen MR) is 115 cm³/mol. The van der Waals surface area contributed by atoms with Gasteiger partial charge in [0, 0.05) is 37.3 Å². The van der Waals surface area contributed by atoms with Gasteiger partial charge in [-0.3, -0.25) is 4.99 Å². The minimum absolute atomic E-state index is 0. The third-order valence-corrected chi connectivity index (χ3v) is 5.28. The van der Waals surface area contributed by atoms with Gasteiger partial charge < -0.3 is 15.5 Å². The van der Waals surface area contributed by atoms with E-state index in [1.54, 1.807) is 24.6 Å². The first-order valence-electron chi connectivity index (χ1n) is 7.89. The number of hydrogen-bond acceptors (Lipinski definition) is 5. The van der Waals surface area contributed by atoms with Crippen molar-refractivity contribution in [3.05, 3.63) is 39.4 Å². The first-order chi connectivity index (χ1) is 11.7. The molecule has 1 aliphatic rings. The number of halogens is 2. The van der Waals surface area contributed by atoms with Crippen molar-refractivity contribution in [3.8, 4) is 0 Å². The molecule has 136 valence electrons. The lowest BCUT2D eigenvalue weighted by Gasteiger charge is -2.20. The summed E-state index contributed by atoms with van der Waals surface area (Å²) in [5, 5.41) is 7.53. The second kappa shape index (κ2) is 9.54. The molecule has 0 amide bonds. The molecule has 1 fully saturated rings. The zero-order chi connectivity index (χ0) is 16.9. The minimum atomic E-state index is 0. The summed E-state index contributed by atoms with van der Waals surface area (Å²) in [6.45, 7) is 4.55. The van der Waals surface area contributed by atoms with Crippen LogP contribution < -0.4 is 15.5 Å². The summed E-state index contributed by atoms with van der Waals surface area (Å²) >= 11 is 7.90. The molecule has 2 aromatic heterocycles. The lowest BCUT2D eigenvalue weighted by Crippen LogP contribution is -2.44. The Balaban J connectivity index is 0.00000225. The summed E-state index contributed by atoms with van der Waals surface area (Å²) in [5.41, 5.74) is 2.94. The summed E-state index contributed by atoms with van der Waals surface area (Å²) in [5.74, 6) is 1.66. The summed E-state index contributed by atoms with van der Waals surface area (Å²) in [6, 6.07) is 4.05. The molecule has 6 nitrogen and oxygen atoms in total. The van der Waals surface area contributed by atoms with Gasteiger partial charge in [-0.2, -0.15) is 0 Å². The van der Waals surface area contributed by atoms with E-state index in [1.807, 2.05) is 24.6 Å². The topological polar surface area (TPSA) is 65.4 Å². The lowest BCUT2D eigenvalue weighted by molar-refractivity contribution is 0.648. The van der Waals surface area contributed by atoms with Crippen LogP contribution in [0.5, 0.6) is 0 Å². The molecular formula is C16H22ClIN6S. The molecule has 25 heavy (non-hydrogen) atoms. The Bertz CT molecular complexity index is 722. The van der Waals surface area contributed by atoms with Crippen molar-refractivity contribution < 1.29 is 0 Å². The number of anilines is 1. The first-order valence-corrected chi connectivity index (χ1v) is 9.14. The molecule has 3 heterocycles. The second-order valence-corrected chi connectivity index (χ2v) is 7.02. The third kappa shape index (κ3) is 5.18. The van der Waals surface area contributed by atoms with Crippen LogP contribution in [0, 0.1) is 6.92 Å². The Labute approximate surface area is 174 Å². The van der Waals surface area contributed by atoms with E-state index in [2.05, 4.69) is 30.5 Å². The molecule has 1 unspecified atom stereocenters. The van der Waals surface area contributed by atoms with Gasteiger partial charge in [-0.15, -0.1) is 35.3 Å². The highest BCUT2D eigenvalue weighted by Gasteiger charge is 2.25. The Morgan fingerprint density at radius 3 is 3.00 bits per heavy atom. The van der Waals surface area contributed by atoms with Crippen molar-refractivity contribution in [1.29, 1.82) is 0 Å². The van der Waals surface area contributed by atoms with Gasteiger partial charge in [0.1, 0.15) is 5.82 Å². The molecule has 0 saturated carbocycles. The van der Waals surface area contributed by atoms with Crippen LogP contribution in [0.2, 0.25) is 5.02 Å². The fraction of sp³-hybridized carbons (Fsp3) is 0.438. The normalized spacial score (nSPS) is 17.3. The summed E-state index contributed by atoms with van der Waals surface area (Å²) in [6.07, 6.45) is 2.80. The number of guanidine groups is 1. The van der Waals surface area contributed by atoms with Crippen molar-refractivity contribution in [2.75, 3.05) is 25.0 Å². The van der Waals surface area contributed by atoms with Crippen LogP contribution in [0.1, 0.15) is 17.0 Å². The highest BCUT2D eigenvalue weighted by Crippen LogP contribution is 2.25. The number of pyridine rings is 1. The fourth-order valence-corrected chi connectivity index (χ4v) is 3.69. The maximum atomic E-state index is 6.24. The van der Waals surface area contributed by atoms with Crippen LogP contribution in [0.15, 0.2) is 28.8 Å². The standard InChI is InChI=1S/C16H21ClN6S.HI/c1-11-14(24-10-21-11)8-20-16(18-2)22-12-5-7-23(9-12)15-13(17)4-3-6-19-15;/h3-4,6,10,12H,5,7-9H2,1-2H3,(H2,18,20,22);1H. The van der Waals surface area contributed by atoms with Crippen molar-refractivity contribution in [2.45, 2.75) is 25.9 Å². The largest absolute Gasteiger partial charge is 0.353 e. The number of rotatable bonds is 4. The Hall–Kier alpha value is -1.13. The minimum Gasteiger partial charge on any atom is -0.353 e. The molecule has 0 spiro atoms. The number of aryl methyl sites for hydroxylation is 1. The maximum Gasteiger partial charge on any atom is 0.191 e. The molecule has 0 aliphatic carbocycles. The van der Waals surface area contributed by atoms with Crippen LogP contribution in [0.25, 0.3) is 0 Å². The van der Waals surface area contributed by atoms with Gasteiger partial charge in [0.05, 0.1) is 22.8 Å². The first kappa shape index (κ1) is 20.2. The van der Waals surface area contributed by atoms with Gasteiger partial charge in [-0.1, -0.05) is 11.6 Å². The highest BCUT2D eigenvalue weighted by molar-refractivity contribution is 14.0. The van der Waals surface area contributed by atoms with Crippen LogP contribution in [-0.4, -0.2) is 42.1 Å². The zero-order valence-electron chi connectivity index (χ0n) is 14.2. The molecule has 0 aromatic carbocycles. The van der Waals surface area contributed by atoms with Crippen LogP contribution in [0.3, 0.4) is 0 Å². The number of nitrogens with zero attached hydrogens (tertiary/aromatic N) is 4. The average Bonchev–Trinajstić information content (AvgIpc) is 3.21.